The van der Waals surface area contributed by atoms with Crippen molar-refractivity contribution in [2.75, 3.05) is 0 Å². The first-order valence-corrected chi connectivity index (χ1v) is 17.1. The zero-order chi connectivity index (χ0) is 34.4. The van der Waals surface area contributed by atoms with Crippen molar-refractivity contribution < 1.29 is 8.83 Å². The van der Waals surface area contributed by atoms with Gasteiger partial charge in [0.1, 0.15) is 23.9 Å². The van der Waals surface area contributed by atoms with Gasteiger partial charge in [0.2, 0.25) is 11.8 Å². The third-order valence-electron chi connectivity index (χ3n) is 9.75. The first-order valence-electron chi connectivity index (χ1n) is 17.1. The zero-order valence-electron chi connectivity index (χ0n) is 27.8. The molecule has 10 aromatic rings. The fourth-order valence-electron chi connectivity index (χ4n) is 7.34. The van der Waals surface area contributed by atoms with E-state index in [0.29, 0.717) is 23.2 Å². The number of pyridine rings is 2. The van der Waals surface area contributed by atoms with Gasteiger partial charge >= 0.3 is 0 Å². The summed E-state index contributed by atoms with van der Waals surface area (Å²) in [6.45, 7) is 0. The summed E-state index contributed by atoms with van der Waals surface area (Å²) in [6, 6.07) is 47.4. The molecular formula is C46H28N4O2. The van der Waals surface area contributed by atoms with Gasteiger partial charge in [-0.25, -0.2) is 9.97 Å². The number of nitrogens with zero attached hydrogens (tertiary/aromatic N) is 4. The average molecular weight is 669 g/mol. The van der Waals surface area contributed by atoms with E-state index in [2.05, 4.69) is 131 Å². The molecule has 6 nitrogen and oxygen atoms in total. The number of aromatic nitrogens is 4. The van der Waals surface area contributed by atoms with Gasteiger partial charge in [-0.15, -0.1) is 0 Å². The van der Waals surface area contributed by atoms with Crippen molar-refractivity contribution in [2.24, 2.45) is 0 Å². The molecule has 0 aliphatic heterocycles. The van der Waals surface area contributed by atoms with E-state index in [0.717, 1.165) is 54.9 Å². The van der Waals surface area contributed by atoms with E-state index in [-0.39, 0.29) is 0 Å². The molecule has 0 bridgehead atoms. The van der Waals surface area contributed by atoms with E-state index < -0.39 is 0 Å². The lowest BCUT2D eigenvalue weighted by molar-refractivity contribution is 0.572. The fraction of sp³-hybridized carbons (Fsp3) is 0. The van der Waals surface area contributed by atoms with E-state index in [1.807, 2.05) is 24.5 Å². The molecule has 0 spiro atoms. The molecule has 0 saturated carbocycles. The van der Waals surface area contributed by atoms with Crippen molar-refractivity contribution in [3.8, 4) is 67.7 Å². The van der Waals surface area contributed by atoms with E-state index in [4.69, 9.17) is 18.8 Å². The van der Waals surface area contributed by atoms with Crippen LogP contribution in [-0.4, -0.2) is 19.9 Å². The molecule has 0 aliphatic rings. The van der Waals surface area contributed by atoms with Gasteiger partial charge in [0.05, 0.1) is 12.4 Å². The Balaban J connectivity index is 1.16. The summed E-state index contributed by atoms with van der Waals surface area (Å²) in [5.74, 6) is 0.986. The third-order valence-corrected chi connectivity index (χ3v) is 9.75. The second-order valence-corrected chi connectivity index (χ2v) is 12.7. The minimum Gasteiger partial charge on any atom is -0.443 e. The highest BCUT2D eigenvalue weighted by molar-refractivity contribution is 6.22. The maximum absolute atomic E-state index is 5.54. The van der Waals surface area contributed by atoms with Crippen LogP contribution in [0.15, 0.2) is 180 Å². The summed E-state index contributed by atoms with van der Waals surface area (Å²) in [7, 11) is 0. The van der Waals surface area contributed by atoms with E-state index in [9.17, 15) is 0 Å². The number of hydrogen-bond donors (Lipinski definition) is 0. The summed E-state index contributed by atoms with van der Waals surface area (Å²) >= 11 is 0. The number of benzene rings is 6. The minimum atomic E-state index is 0.492. The van der Waals surface area contributed by atoms with Crippen LogP contribution in [0.5, 0.6) is 0 Å². The van der Waals surface area contributed by atoms with Gasteiger partial charge in [0, 0.05) is 23.5 Å². The van der Waals surface area contributed by atoms with Crippen molar-refractivity contribution in [1.29, 1.82) is 0 Å². The van der Waals surface area contributed by atoms with Crippen LogP contribution in [0.1, 0.15) is 0 Å². The summed E-state index contributed by atoms with van der Waals surface area (Å²) < 4.78 is 11.1. The molecule has 244 valence electrons. The molecular weight excluding hydrogens is 641 g/mol. The van der Waals surface area contributed by atoms with Crippen LogP contribution >= 0.6 is 0 Å². The summed E-state index contributed by atoms with van der Waals surface area (Å²) in [5, 5.41) is 6.96. The normalized spacial score (nSPS) is 11.5. The third kappa shape index (κ3) is 5.05. The van der Waals surface area contributed by atoms with Crippen molar-refractivity contribution in [1.82, 2.24) is 19.9 Å². The molecule has 0 N–H and O–H groups in total. The molecule has 4 heterocycles. The molecule has 52 heavy (non-hydrogen) atoms. The average Bonchev–Trinajstić information content (AvgIpc) is 3.96. The molecule has 10 rings (SSSR count). The first-order chi connectivity index (χ1) is 25.8. The number of fused-ring (bicyclic) bond motifs is 3. The van der Waals surface area contributed by atoms with Gasteiger partial charge in [-0.1, -0.05) is 115 Å². The molecule has 0 unspecified atom stereocenters. The predicted molar refractivity (Wildman–Crippen MR) is 207 cm³/mol. The Bertz CT molecular complexity index is 2860. The lowest BCUT2D eigenvalue weighted by Gasteiger charge is -2.18. The summed E-state index contributed by atoms with van der Waals surface area (Å²) in [4.78, 5) is 18.1. The quantitative estimate of drug-likeness (QED) is 0.164. The number of rotatable bonds is 6. The molecule has 6 heteroatoms. The van der Waals surface area contributed by atoms with Gasteiger partial charge in [-0.3, -0.25) is 9.97 Å². The lowest BCUT2D eigenvalue weighted by Crippen LogP contribution is -1.93. The number of oxazole rings is 2. The van der Waals surface area contributed by atoms with Crippen LogP contribution in [0, 0.1) is 0 Å². The fourth-order valence-corrected chi connectivity index (χ4v) is 7.34. The first kappa shape index (κ1) is 29.7. The SMILES string of the molecule is c1ccc2c(-c3ccc(-c4ccc5c(-c6ccc(-c7ncco7)nc6)c6ccccc6c(-c6ccc(-c7ncco7)nc6)c5c4)cc3)cccc2c1. The van der Waals surface area contributed by atoms with Crippen molar-refractivity contribution in [3.05, 3.63) is 171 Å². The van der Waals surface area contributed by atoms with Gasteiger partial charge < -0.3 is 8.83 Å². The molecule has 6 aromatic carbocycles. The zero-order valence-corrected chi connectivity index (χ0v) is 27.8. The lowest BCUT2D eigenvalue weighted by atomic mass is 9.85. The Labute approximate surface area is 298 Å². The van der Waals surface area contributed by atoms with E-state index >= 15 is 0 Å². The molecule has 0 aliphatic carbocycles. The Morgan fingerprint density at radius 2 is 0.885 bits per heavy atom. The van der Waals surface area contributed by atoms with Gasteiger partial charge in [0.25, 0.3) is 0 Å². The van der Waals surface area contributed by atoms with Crippen LogP contribution in [0.4, 0.5) is 0 Å². The molecule has 0 fully saturated rings. The van der Waals surface area contributed by atoms with Crippen molar-refractivity contribution >= 4 is 32.3 Å². The molecule has 0 amide bonds. The Morgan fingerprint density at radius 3 is 1.48 bits per heavy atom. The number of hydrogen-bond acceptors (Lipinski definition) is 6. The summed E-state index contributed by atoms with van der Waals surface area (Å²) in [5.41, 5.74) is 10.3. The van der Waals surface area contributed by atoms with Gasteiger partial charge in [-0.2, -0.15) is 0 Å². The standard InChI is InChI=1S/C46H28N4O2/c1-2-8-35-30(6-1)7-5-11-36(35)31-14-12-29(13-15-31)32-16-19-39-40(26-32)44(34-18-21-42(50-28-34)46-48-23-25-52-46)38-10-4-3-9-37(38)43(39)33-17-20-41(49-27-33)45-47-22-24-51-45/h1-28H. The smallest absolute Gasteiger partial charge is 0.244 e. The Morgan fingerprint density at radius 1 is 0.365 bits per heavy atom. The maximum Gasteiger partial charge on any atom is 0.244 e. The largest absolute Gasteiger partial charge is 0.443 e. The Kier molecular flexibility index (Phi) is 7.03. The highest BCUT2D eigenvalue weighted by Gasteiger charge is 2.19. The molecule has 0 radical (unpaired) electrons. The van der Waals surface area contributed by atoms with E-state index in [1.165, 1.54) is 21.9 Å². The van der Waals surface area contributed by atoms with Crippen LogP contribution in [0.3, 0.4) is 0 Å². The monoisotopic (exact) mass is 668 g/mol. The molecule has 0 atom stereocenters. The minimum absolute atomic E-state index is 0.492. The predicted octanol–water partition coefficient (Wildman–Crippen LogP) is 11.9. The second-order valence-electron chi connectivity index (χ2n) is 12.7. The Hall–Kier alpha value is -7.18. The van der Waals surface area contributed by atoms with Crippen LogP contribution in [0.25, 0.3) is 100.0 Å². The van der Waals surface area contributed by atoms with Crippen LogP contribution in [0.2, 0.25) is 0 Å². The van der Waals surface area contributed by atoms with Crippen LogP contribution < -0.4 is 0 Å². The van der Waals surface area contributed by atoms with Crippen LogP contribution in [-0.2, 0) is 0 Å². The second kappa shape index (κ2) is 12.3. The highest BCUT2D eigenvalue weighted by Crippen LogP contribution is 2.45. The topological polar surface area (TPSA) is 77.8 Å². The molecule has 4 aromatic heterocycles. The van der Waals surface area contributed by atoms with Gasteiger partial charge in [0.15, 0.2) is 0 Å². The van der Waals surface area contributed by atoms with E-state index in [1.54, 1.807) is 24.9 Å². The van der Waals surface area contributed by atoms with Crippen molar-refractivity contribution in [3.63, 3.8) is 0 Å². The maximum atomic E-state index is 5.54. The molecule has 0 saturated heterocycles. The van der Waals surface area contributed by atoms with Crippen molar-refractivity contribution in [2.45, 2.75) is 0 Å². The summed E-state index contributed by atoms with van der Waals surface area (Å²) in [6.07, 6.45) is 10.2. The van der Waals surface area contributed by atoms with Gasteiger partial charge in [-0.05, 0) is 83.9 Å². The highest BCUT2D eigenvalue weighted by atomic mass is 16.3.